The van der Waals surface area contributed by atoms with Crippen molar-refractivity contribution in [2.24, 2.45) is 0 Å². The molecule has 1 amide bonds. The largest absolute Gasteiger partial charge is 0.325 e. The van der Waals surface area contributed by atoms with E-state index in [1.807, 2.05) is 24.3 Å². The maximum Gasteiger partial charge on any atom is 0.269 e. The van der Waals surface area contributed by atoms with Crippen LogP contribution in [0.15, 0.2) is 48.5 Å². The summed E-state index contributed by atoms with van der Waals surface area (Å²) in [4.78, 5) is 22.4. The van der Waals surface area contributed by atoms with Gasteiger partial charge in [0.15, 0.2) is 0 Å². The Morgan fingerprint density at radius 3 is 2.50 bits per heavy atom. The van der Waals surface area contributed by atoms with Gasteiger partial charge in [0.25, 0.3) is 5.69 Å². The van der Waals surface area contributed by atoms with Gasteiger partial charge in [0, 0.05) is 24.4 Å². The van der Waals surface area contributed by atoms with Gasteiger partial charge < -0.3 is 10.6 Å². The molecule has 22 heavy (non-hydrogen) atoms. The van der Waals surface area contributed by atoms with Crippen molar-refractivity contribution in [3.05, 3.63) is 69.8 Å². The number of non-ortho nitro benzene ring substituents is 1. The number of anilines is 1. The van der Waals surface area contributed by atoms with Crippen LogP contribution in [0.2, 0.25) is 0 Å². The van der Waals surface area contributed by atoms with Gasteiger partial charge in [-0.2, -0.15) is 0 Å². The van der Waals surface area contributed by atoms with E-state index in [1.165, 1.54) is 35.4 Å². The van der Waals surface area contributed by atoms with Crippen LogP contribution in [0.25, 0.3) is 0 Å². The van der Waals surface area contributed by atoms with Crippen LogP contribution in [0.3, 0.4) is 0 Å². The molecule has 0 radical (unpaired) electrons. The lowest BCUT2D eigenvalue weighted by Gasteiger charge is -2.25. The Labute approximate surface area is 127 Å². The van der Waals surface area contributed by atoms with Crippen LogP contribution < -0.4 is 10.6 Å². The van der Waals surface area contributed by atoms with E-state index in [0.29, 0.717) is 18.7 Å². The summed E-state index contributed by atoms with van der Waals surface area (Å²) < 4.78 is 0. The molecular weight excluding hydrogens is 282 g/mol. The zero-order valence-corrected chi connectivity index (χ0v) is 11.8. The molecule has 0 aliphatic carbocycles. The molecule has 0 saturated heterocycles. The molecule has 1 aliphatic heterocycles. The third-order valence-corrected chi connectivity index (χ3v) is 3.74. The molecule has 6 nitrogen and oxygen atoms in total. The lowest BCUT2D eigenvalue weighted by atomic mass is 9.95. The molecule has 1 atom stereocenters. The first-order valence-corrected chi connectivity index (χ1v) is 6.99. The first kappa shape index (κ1) is 14.2. The third kappa shape index (κ3) is 2.96. The molecule has 0 unspecified atom stereocenters. The highest BCUT2D eigenvalue weighted by atomic mass is 16.6. The number of carbonyl (C=O) groups excluding carboxylic acids is 1. The van der Waals surface area contributed by atoms with E-state index in [1.54, 1.807) is 0 Å². The summed E-state index contributed by atoms with van der Waals surface area (Å²) in [5.41, 5.74) is 2.94. The molecule has 2 aromatic rings. The predicted molar refractivity (Wildman–Crippen MR) is 82.5 cm³/mol. The van der Waals surface area contributed by atoms with E-state index in [0.717, 1.165) is 0 Å². The minimum atomic E-state index is -0.467. The number of nitro benzene ring substituents is 1. The van der Waals surface area contributed by atoms with E-state index < -0.39 is 4.92 Å². The highest BCUT2D eigenvalue weighted by Gasteiger charge is 2.23. The fourth-order valence-electron chi connectivity index (χ4n) is 2.54. The number of fused-ring (bicyclic) bond motifs is 1. The van der Waals surface area contributed by atoms with Gasteiger partial charge >= 0.3 is 0 Å². The van der Waals surface area contributed by atoms with E-state index >= 15 is 0 Å². The Hall–Kier alpha value is -2.73. The second-order valence-corrected chi connectivity index (χ2v) is 5.20. The normalized spacial score (nSPS) is 16.6. The zero-order chi connectivity index (χ0) is 15.5. The van der Waals surface area contributed by atoms with Crippen molar-refractivity contribution < 1.29 is 9.72 Å². The van der Waals surface area contributed by atoms with Crippen LogP contribution in [0.5, 0.6) is 0 Å². The summed E-state index contributed by atoms with van der Waals surface area (Å²) in [7, 11) is 0. The average molecular weight is 297 g/mol. The minimum absolute atomic E-state index is 0.00252. The number of rotatable bonds is 3. The molecule has 2 aromatic carbocycles. The summed E-state index contributed by atoms with van der Waals surface area (Å²) >= 11 is 0. The van der Waals surface area contributed by atoms with Gasteiger partial charge in [-0.05, 0) is 29.7 Å². The molecule has 0 aromatic heterocycles. The second-order valence-electron chi connectivity index (χ2n) is 5.20. The lowest BCUT2D eigenvalue weighted by Crippen LogP contribution is -2.44. The summed E-state index contributed by atoms with van der Waals surface area (Å²) in [5.74, 6) is -0.136. The number of carbonyl (C=O) groups is 1. The van der Waals surface area contributed by atoms with E-state index in [2.05, 4.69) is 10.6 Å². The van der Waals surface area contributed by atoms with Crippen LogP contribution in [0.4, 0.5) is 11.4 Å². The Kier molecular flexibility index (Phi) is 3.84. The van der Waals surface area contributed by atoms with Crippen LogP contribution in [-0.2, 0) is 17.8 Å². The van der Waals surface area contributed by atoms with Crippen LogP contribution in [-0.4, -0.2) is 16.9 Å². The molecule has 1 heterocycles. The maximum absolute atomic E-state index is 12.3. The average Bonchev–Trinajstić information content (AvgIpc) is 2.55. The quantitative estimate of drug-likeness (QED) is 0.672. The predicted octanol–water partition coefficient (Wildman–Crippen LogP) is 2.25. The van der Waals surface area contributed by atoms with Crippen LogP contribution >= 0.6 is 0 Å². The van der Waals surface area contributed by atoms with E-state index in [4.69, 9.17) is 0 Å². The van der Waals surface area contributed by atoms with Crippen molar-refractivity contribution in [2.75, 3.05) is 5.32 Å². The molecule has 0 saturated carbocycles. The van der Waals surface area contributed by atoms with E-state index in [9.17, 15) is 14.9 Å². The molecule has 3 rings (SSSR count). The Bertz CT molecular complexity index is 713. The van der Waals surface area contributed by atoms with Crippen molar-refractivity contribution >= 4 is 17.3 Å². The summed E-state index contributed by atoms with van der Waals surface area (Å²) in [5, 5.41) is 16.6. The minimum Gasteiger partial charge on any atom is -0.325 e. The first-order chi connectivity index (χ1) is 10.6. The monoisotopic (exact) mass is 297 g/mol. The SMILES string of the molecule is O=C(Nc1ccc([N+](=O)[O-])cc1)[C@@H]1Cc2ccccc2CN1. The van der Waals surface area contributed by atoms with Crippen molar-refractivity contribution in [1.29, 1.82) is 0 Å². The maximum atomic E-state index is 12.3. The van der Waals surface area contributed by atoms with Gasteiger partial charge in [0.05, 0.1) is 11.0 Å². The second kappa shape index (κ2) is 5.95. The highest BCUT2D eigenvalue weighted by Crippen LogP contribution is 2.19. The van der Waals surface area contributed by atoms with Gasteiger partial charge in [0.2, 0.25) is 5.91 Å². The molecular formula is C16H15N3O3. The molecule has 2 N–H and O–H groups in total. The number of hydrogen-bond donors (Lipinski definition) is 2. The van der Waals surface area contributed by atoms with Gasteiger partial charge in [0.1, 0.15) is 0 Å². The highest BCUT2D eigenvalue weighted by molar-refractivity contribution is 5.95. The Morgan fingerprint density at radius 2 is 1.82 bits per heavy atom. The number of amides is 1. The van der Waals surface area contributed by atoms with Crippen molar-refractivity contribution in [1.82, 2.24) is 5.32 Å². The zero-order valence-electron chi connectivity index (χ0n) is 11.8. The van der Waals surface area contributed by atoms with Gasteiger partial charge in [-0.25, -0.2) is 0 Å². The first-order valence-electron chi connectivity index (χ1n) is 6.99. The Morgan fingerprint density at radius 1 is 1.14 bits per heavy atom. The van der Waals surface area contributed by atoms with Crippen LogP contribution in [0.1, 0.15) is 11.1 Å². The number of hydrogen-bond acceptors (Lipinski definition) is 4. The van der Waals surface area contributed by atoms with Gasteiger partial charge in [-0.15, -0.1) is 0 Å². The third-order valence-electron chi connectivity index (χ3n) is 3.74. The number of nitrogens with one attached hydrogen (secondary N) is 2. The molecule has 0 spiro atoms. The molecule has 1 aliphatic rings. The van der Waals surface area contributed by atoms with Gasteiger partial charge in [-0.1, -0.05) is 24.3 Å². The topological polar surface area (TPSA) is 84.3 Å². The Balaban J connectivity index is 1.66. The lowest BCUT2D eigenvalue weighted by molar-refractivity contribution is -0.384. The van der Waals surface area contributed by atoms with Crippen LogP contribution in [0, 0.1) is 10.1 Å². The van der Waals surface area contributed by atoms with Gasteiger partial charge in [-0.3, -0.25) is 14.9 Å². The molecule has 0 fully saturated rings. The summed E-state index contributed by atoms with van der Waals surface area (Å²) in [6.45, 7) is 0.661. The smallest absolute Gasteiger partial charge is 0.269 e. The number of nitro groups is 1. The number of nitrogens with zero attached hydrogens (tertiary/aromatic N) is 1. The van der Waals surface area contributed by atoms with Crippen molar-refractivity contribution in [3.63, 3.8) is 0 Å². The molecule has 6 heteroatoms. The van der Waals surface area contributed by atoms with Crippen molar-refractivity contribution in [2.45, 2.75) is 19.0 Å². The summed E-state index contributed by atoms with van der Waals surface area (Å²) in [6, 6.07) is 13.5. The fourth-order valence-corrected chi connectivity index (χ4v) is 2.54. The summed E-state index contributed by atoms with van der Waals surface area (Å²) in [6.07, 6.45) is 0.634. The van der Waals surface area contributed by atoms with Crippen molar-refractivity contribution in [3.8, 4) is 0 Å². The standard InChI is InChI=1S/C16H15N3O3/c20-16(18-13-5-7-14(8-6-13)19(21)22)15-9-11-3-1-2-4-12(11)10-17-15/h1-8,15,17H,9-10H2,(H,18,20)/t15-/m0/s1. The molecule has 0 bridgehead atoms. The fraction of sp³-hybridized carbons (Fsp3) is 0.188. The number of benzene rings is 2. The van der Waals surface area contributed by atoms with E-state index in [-0.39, 0.29) is 17.6 Å². The molecule has 112 valence electrons.